The molecule has 2 nitrogen and oxygen atoms in total. The lowest BCUT2D eigenvalue weighted by Gasteiger charge is -2.47. The SMILES string of the molecule is Fc1cc(Cl)ccc1N1CC2CCC1CN2. The molecular formula is C12H14ClFN2. The van der Waals surface area contributed by atoms with Gasteiger partial charge in [-0.05, 0) is 31.0 Å². The fourth-order valence-corrected chi connectivity index (χ4v) is 2.88. The molecule has 3 aliphatic rings. The molecule has 4 heteroatoms. The summed E-state index contributed by atoms with van der Waals surface area (Å²) in [6.07, 6.45) is 2.36. The number of anilines is 1. The molecular weight excluding hydrogens is 227 g/mol. The van der Waals surface area contributed by atoms with E-state index in [0.29, 0.717) is 22.8 Å². The second kappa shape index (κ2) is 3.90. The van der Waals surface area contributed by atoms with E-state index < -0.39 is 0 Å². The van der Waals surface area contributed by atoms with Crippen molar-refractivity contribution >= 4 is 17.3 Å². The van der Waals surface area contributed by atoms with E-state index in [-0.39, 0.29) is 5.82 Å². The van der Waals surface area contributed by atoms with Crippen LogP contribution in [0.15, 0.2) is 18.2 Å². The minimum Gasteiger partial charge on any atom is -0.363 e. The Morgan fingerprint density at radius 2 is 2.25 bits per heavy atom. The molecule has 0 aromatic heterocycles. The first-order valence-electron chi connectivity index (χ1n) is 5.69. The number of nitrogens with zero attached hydrogens (tertiary/aromatic N) is 1. The minimum atomic E-state index is -0.208. The quantitative estimate of drug-likeness (QED) is 0.811. The number of halogens is 2. The van der Waals surface area contributed by atoms with Gasteiger partial charge in [0.05, 0.1) is 5.69 Å². The van der Waals surface area contributed by atoms with Gasteiger partial charge in [-0.2, -0.15) is 0 Å². The smallest absolute Gasteiger partial charge is 0.147 e. The largest absolute Gasteiger partial charge is 0.363 e. The summed E-state index contributed by atoms with van der Waals surface area (Å²) in [6, 6.07) is 5.89. The van der Waals surface area contributed by atoms with Crippen LogP contribution in [0.25, 0.3) is 0 Å². The Labute approximate surface area is 99.4 Å². The standard InChI is InChI=1S/C12H14ClFN2/c13-8-1-4-12(11(14)5-8)16-7-9-2-3-10(16)6-15-9/h1,4-5,9-10,15H,2-3,6-7H2. The van der Waals surface area contributed by atoms with Crippen LogP contribution in [0.4, 0.5) is 10.1 Å². The van der Waals surface area contributed by atoms with E-state index in [1.807, 2.05) is 0 Å². The summed E-state index contributed by atoms with van der Waals surface area (Å²) < 4.78 is 13.8. The van der Waals surface area contributed by atoms with Gasteiger partial charge in [0.25, 0.3) is 0 Å². The highest BCUT2D eigenvalue weighted by molar-refractivity contribution is 6.30. The molecule has 3 saturated heterocycles. The van der Waals surface area contributed by atoms with Crippen molar-refractivity contribution in [1.29, 1.82) is 0 Å². The van der Waals surface area contributed by atoms with Crippen LogP contribution in [-0.4, -0.2) is 25.2 Å². The van der Waals surface area contributed by atoms with Gasteiger partial charge >= 0.3 is 0 Å². The summed E-state index contributed by atoms with van der Waals surface area (Å²) >= 11 is 5.76. The molecule has 3 fully saturated rings. The molecule has 3 aliphatic heterocycles. The lowest BCUT2D eigenvalue weighted by atomic mass is 9.92. The fraction of sp³-hybridized carbons (Fsp3) is 0.500. The monoisotopic (exact) mass is 240 g/mol. The maximum Gasteiger partial charge on any atom is 0.147 e. The zero-order valence-electron chi connectivity index (χ0n) is 8.92. The average molecular weight is 241 g/mol. The summed E-state index contributed by atoms with van der Waals surface area (Å²) in [4.78, 5) is 2.18. The molecule has 0 spiro atoms. The van der Waals surface area contributed by atoms with Crippen molar-refractivity contribution in [3.05, 3.63) is 29.0 Å². The van der Waals surface area contributed by atoms with Crippen LogP contribution in [0.1, 0.15) is 12.8 Å². The predicted molar refractivity (Wildman–Crippen MR) is 63.6 cm³/mol. The summed E-state index contributed by atoms with van der Waals surface area (Å²) in [7, 11) is 0. The zero-order valence-corrected chi connectivity index (χ0v) is 9.67. The molecule has 16 heavy (non-hydrogen) atoms. The Hall–Kier alpha value is -0.800. The number of hydrogen-bond donors (Lipinski definition) is 1. The van der Waals surface area contributed by atoms with Gasteiger partial charge in [-0.1, -0.05) is 11.6 Å². The molecule has 2 atom stereocenters. The van der Waals surface area contributed by atoms with Crippen molar-refractivity contribution in [2.75, 3.05) is 18.0 Å². The van der Waals surface area contributed by atoms with Crippen LogP contribution < -0.4 is 10.2 Å². The normalized spacial score (nSPS) is 28.5. The highest BCUT2D eigenvalue weighted by Gasteiger charge is 2.34. The Bertz CT molecular complexity index is 402. The Morgan fingerprint density at radius 1 is 1.38 bits per heavy atom. The first-order chi connectivity index (χ1) is 7.74. The van der Waals surface area contributed by atoms with Crippen LogP contribution >= 0.6 is 11.6 Å². The van der Waals surface area contributed by atoms with Gasteiger partial charge in [0.1, 0.15) is 5.82 Å². The first-order valence-corrected chi connectivity index (χ1v) is 6.07. The Kier molecular flexibility index (Phi) is 2.52. The van der Waals surface area contributed by atoms with Gasteiger partial charge in [-0.3, -0.25) is 0 Å². The molecule has 2 bridgehead atoms. The van der Waals surface area contributed by atoms with Crippen LogP contribution in [0, 0.1) is 5.82 Å². The fourth-order valence-electron chi connectivity index (χ4n) is 2.72. The van der Waals surface area contributed by atoms with E-state index in [4.69, 9.17) is 11.6 Å². The second-order valence-corrected chi connectivity index (χ2v) is 5.02. The van der Waals surface area contributed by atoms with Crippen LogP contribution in [0.3, 0.4) is 0 Å². The van der Waals surface area contributed by atoms with Crippen molar-refractivity contribution in [3.63, 3.8) is 0 Å². The van der Waals surface area contributed by atoms with Gasteiger partial charge in [0, 0.05) is 30.2 Å². The van der Waals surface area contributed by atoms with Gasteiger partial charge < -0.3 is 10.2 Å². The lowest BCUT2D eigenvalue weighted by Crippen LogP contribution is -2.61. The van der Waals surface area contributed by atoms with Gasteiger partial charge in [-0.25, -0.2) is 4.39 Å². The molecule has 3 heterocycles. The summed E-state index contributed by atoms with van der Waals surface area (Å²) in [5.41, 5.74) is 0.695. The van der Waals surface area contributed by atoms with Gasteiger partial charge in [0.15, 0.2) is 0 Å². The maximum absolute atomic E-state index is 13.8. The zero-order chi connectivity index (χ0) is 11.1. The molecule has 1 aromatic rings. The van der Waals surface area contributed by atoms with Crippen molar-refractivity contribution in [2.24, 2.45) is 0 Å². The highest BCUT2D eigenvalue weighted by atomic mass is 35.5. The lowest BCUT2D eigenvalue weighted by molar-refractivity contribution is 0.288. The Balaban J connectivity index is 1.92. The van der Waals surface area contributed by atoms with Crippen LogP contribution in [0.5, 0.6) is 0 Å². The second-order valence-electron chi connectivity index (χ2n) is 4.58. The van der Waals surface area contributed by atoms with E-state index in [0.717, 1.165) is 19.5 Å². The number of benzene rings is 1. The van der Waals surface area contributed by atoms with Crippen molar-refractivity contribution in [3.8, 4) is 0 Å². The van der Waals surface area contributed by atoms with E-state index in [1.165, 1.54) is 12.5 Å². The third-order valence-corrected chi connectivity index (χ3v) is 3.80. The number of hydrogen-bond acceptors (Lipinski definition) is 2. The average Bonchev–Trinajstić information content (AvgIpc) is 2.30. The molecule has 4 rings (SSSR count). The topological polar surface area (TPSA) is 15.3 Å². The van der Waals surface area contributed by atoms with Crippen molar-refractivity contribution in [2.45, 2.75) is 24.9 Å². The predicted octanol–water partition coefficient (Wildman–Crippen LogP) is 2.42. The third kappa shape index (κ3) is 1.68. The molecule has 0 saturated carbocycles. The van der Waals surface area contributed by atoms with E-state index in [9.17, 15) is 4.39 Å². The van der Waals surface area contributed by atoms with Crippen molar-refractivity contribution in [1.82, 2.24) is 5.32 Å². The summed E-state index contributed by atoms with van der Waals surface area (Å²) in [5.74, 6) is -0.208. The minimum absolute atomic E-state index is 0.208. The van der Waals surface area contributed by atoms with Gasteiger partial charge in [-0.15, -0.1) is 0 Å². The molecule has 0 amide bonds. The summed E-state index contributed by atoms with van der Waals surface area (Å²) in [6.45, 7) is 1.87. The summed E-state index contributed by atoms with van der Waals surface area (Å²) in [5, 5.41) is 3.92. The molecule has 0 aliphatic carbocycles. The van der Waals surface area contributed by atoms with E-state index >= 15 is 0 Å². The van der Waals surface area contributed by atoms with E-state index in [1.54, 1.807) is 12.1 Å². The highest BCUT2D eigenvalue weighted by Crippen LogP contribution is 2.31. The first kappa shape index (κ1) is 10.4. The van der Waals surface area contributed by atoms with E-state index in [2.05, 4.69) is 10.2 Å². The van der Waals surface area contributed by atoms with Crippen molar-refractivity contribution < 1.29 is 4.39 Å². The number of nitrogens with one attached hydrogen (secondary N) is 1. The Morgan fingerprint density at radius 3 is 2.81 bits per heavy atom. The van der Waals surface area contributed by atoms with Crippen LogP contribution in [0.2, 0.25) is 5.02 Å². The number of rotatable bonds is 1. The van der Waals surface area contributed by atoms with Crippen LogP contribution in [-0.2, 0) is 0 Å². The maximum atomic E-state index is 13.8. The molecule has 86 valence electrons. The number of piperazine rings is 1. The molecule has 1 aromatic carbocycles. The van der Waals surface area contributed by atoms with Gasteiger partial charge in [0.2, 0.25) is 0 Å². The third-order valence-electron chi connectivity index (χ3n) is 3.57. The molecule has 1 N–H and O–H groups in total. The molecule has 0 radical (unpaired) electrons. The number of piperidine rings is 2. The molecule has 2 unspecified atom stereocenters. The number of fused-ring (bicyclic) bond motifs is 3.